The normalized spacial score (nSPS) is 8.91. The Bertz CT molecular complexity index is 146. The van der Waals surface area contributed by atoms with Crippen LogP contribution in [0.5, 0.6) is 0 Å². The van der Waals surface area contributed by atoms with E-state index in [4.69, 9.17) is 0 Å². The summed E-state index contributed by atoms with van der Waals surface area (Å²) in [6.07, 6.45) is 1.01. The molecule has 0 bridgehead atoms. The fourth-order valence-electron chi connectivity index (χ4n) is 0.507. The van der Waals surface area contributed by atoms with E-state index in [-0.39, 0.29) is 0 Å². The number of rotatable bonds is 4. The van der Waals surface area contributed by atoms with Gasteiger partial charge in [-0.15, -0.1) is 0 Å². The number of hydrogen-bond donors (Lipinski definition) is 0. The Labute approximate surface area is 73.5 Å². The number of carbonyl (C=O) groups excluding carboxylic acids is 1. The Kier molecular flexibility index (Phi) is 6.49. The minimum atomic E-state index is -3.04. The molecule has 4 nitrogen and oxygen atoms in total. The van der Waals surface area contributed by atoms with Gasteiger partial charge in [0.2, 0.25) is 0 Å². The summed E-state index contributed by atoms with van der Waals surface area (Å²) in [4.78, 5) is 10.4. The number of unbranched alkanes of at least 4 members (excludes halogenated alkanes) is 1. The van der Waals surface area contributed by atoms with Gasteiger partial charge in [-0.3, -0.25) is 0 Å². The molecule has 0 rings (SSSR count). The van der Waals surface area contributed by atoms with Crippen molar-refractivity contribution < 1.29 is 15.7 Å². The monoisotopic (exact) mass is 268 g/mol. The zero-order valence-corrected chi connectivity index (χ0v) is 9.61. The molecule has 11 heavy (non-hydrogen) atoms. The van der Waals surface area contributed by atoms with E-state index in [0.717, 1.165) is 12.8 Å². The molecule has 0 aromatic heterocycles. The average Bonchev–Trinajstić information content (AvgIpc) is 2.00. The summed E-state index contributed by atoms with van der Waals surface area (Å²) in [5.41, 5.74) is 0. The Hall–Kier alpha value is -0.131. The van der Waals surface area contributed by atoms with Gasteiger partial charge in [0.15, 0.2) is 0 Å². The predicted molar refractivity (Wildman–Crippen MR) is 39.6 cm³/mol. The van der Waals surface area contributed by atoms with Crippen molar-refractivity contribution in [3.05, 3.63) is 0 Å². The van der Waals surface area contributed by atoms with Crippen LogP contribution in [-0.4, -0.2) is 33.4 Å². The summed E-state index contributed by atoms with van der Waals surface area (Å²) >= 11 is -3.04. The summed E-state index contributed by atoms with van der Waals surface area (Å²) in [6, 6.07) is 0. The summed E-state index contributed by atoms with van der Waals surface area (Å²) in [6.45, 7) is 1.99. The zero-order chi connectivity index (χ0) is 8.69. The molecule has 0 aromatic rings. The molecular formula is C6H12O4Sn. The molecule has 0 spiro atoms. The number of ether oxygens (including phenoxy) is 1. The van der Waals surface area contributed by atoms with Crippen molar-refractivity contribution in [1.82, 2.24) is 0 Å². The van der Waals surface area contributed by atoms with Crippen molar-refractivity contribution in [3.63, 3.8) is 0 Å². The van der Waals surface area contributed by atoms with Crippen LogP contribution in [0.3, 0.4) is 0 Å². The van der Waals surface area contributed by atoms with E-state index in [1.807, 2.05) is 6.92 Å². The molecule has 0 saturated heterocycles. The molecule has 0 amide bonds. The first kappa shape index (κ1) is 10.9. The van der Waals surface area contributed by atoms with Crippen molar-refractivity contribution in [3.8, 4) is 0 Å². The molecule has 0 heterocycles. The zero-order valence-electron chi connectivity index (χ0n) is 6.75. The molecule has 64 valence electrons. The molecule has 0 atom stereocenters. The Balaban J connectivity index is 3.44. The van der Waals surface area contributed by atoms with E-state index in [2.05, 4.69) is 7.81 Å². The van der Waals surface area contributed by atoms with E-state index in [1.165, 1.54) is 7.11 Å². The molecule has 0 aromatic carbocycles. The van der Waals surface area contributed by atoms with E-state index in [0.29, 0.717) is 4.44 Å². The summed E-state index contributed by atoms with van der Waals surface area (Å²) in [5.74, 6) is 0. The molecule has 0 aliphatic rings. The third-order valence-corrected chi connectivity index (χ3v) is 4.40. The van der Waals surface area contributed by atoms with Crippen LogP contribution >= 0.6 is 0 Å². The summed E-state index contributed by atoms with van der Waals surface area (Å²) < 4.78 is 20.1. The Morgan fingerprint density at radius 1 is 1.55 bits per heavy atom. The van der Waals surface area contributed by atoms with Gasteiger partial charge >= 0.3 is 73.3 Å². The first-order valence-electron chi connectivity index (χ1n) is 3.49. The summed E-state index contributed by atoms with van der Waals surface area (Å²) in [5, 5.41) is 0. The van der Waals surface area contributed by atoms with Crippen LogP contribution < -0.4 is 0 Å². The van der Waals surface area contributed by atoms with Crippen LogP contribution in [-0.2, 0) is 10.9 Å². The van der Waals surface area contributed by atoms with Crippen LogP contribution in [0.4, 0.5) is 4.79 Å². The molecule has 0 fully saturated rings. The third-order valence-electron chi connectivity index (χ3n) is 1.10. The maximum atomic E-state index is 10.9. The van der Waals surface area contributed by atoms with Gasteiger partial charge < -0.3 is 0 Å². The van der Waals surface area contributed by atoms with Crippen molar-refractivity contribution in [1.29, 1.82) is 0 Å². The quantitative estimate of drug-likeness (QED) is 0.572. The van der Waals surface area contributed by atoms with Crippen LogP contribution in [0.25, 0.3) is 0 Å². The molecule has 0 saturated carbocycles. The van der Waals surface area contributed by atoms with Gasteiger partial charge in [0.25, 0.3) is 0 Å². The average molecular weight is 267 g/mol. The molecule has 0 aliphatic carbocycles. The van der Waals surface area contributed by atoms with Crippen LogP contribution in [0.15, 0.2) is 0 Å². The van der Waals surface area contributed by atoms with Gasteiger partial charge in [-0.05, 0) is 0 Å². The van der Waals surface area contributed by atoms with Crippen LogP contribution in [0.2, 0.25) is 4.44 Å². The second-order valence-corrected chi connectivity index (χ2v) is 6.16. The van der Waals surface area contributed by atoms with E-state index in [1.54, 1.807) is 0 Å². The first-order valence-corrected chi connectivity index (χ1v) is 7.84. The Morgan fingerprint density at radius 3 is 2.64 bits per heavy atom. The second kappa shape index (κ2) is 6.57. The van der Waals surface area contributed by atoms with E-state index in [9.17, 15) is 7.87 Å². The van der Waals surface area contributed by atoms with Gasteiger partial charge in [-0.25, -0.2) is 0 Å². The number of hydrogen-bond acceptors (Lipinski definition) is 4. The van der Waals surface area contributed by atoms with Gasteiger partial charge in [-0.2, -0.15) is 0 Å². The van der Waals surface area contributed by atoms with E-state index < -0.39 is 26.3 Å². The van der Waals surface area contributed by atoms with Crippen molar-refractivity contribution in [2.45, 2.75) is 24.2 Å². The minimum absolute atomic E-state index is 0.549. The third kappa shape index (κ3) is 6.27. The van der Waals surface area contributed by atoms with Crippen LogP contribution in [0.1, 0.15) is 19.8 Å². The molecule has 0 unspecified atom stereocenters. The van der Waals surface area contributed by atoms with E-state index >= 15 is 0 Å². The standard InChI is InChI=1S/C4H9.C2H4O3.O.Sn/c1-3-4-2;1-5-2(3)4;;/h1,3-4H2,2H3;1H3,(H,3,4);;/q;;;+1/p-1. The molecule has 0 radical (unpaired) electrons. The number of carbonyl (C=O) groups is 1. The fraction of sp³-hybridized carbons (Fsp3) is 0.833. The summed E-state index contributed by atoms with van der Waals surface area (Å²) in [7, 11) is 1.21. The predicted octanol–water partition coefficient (Wildman–Crippen LogP) is 1.49. The molecule has 0 N–H and O–H groups in total. The van der Waals surface area contributed by atoms with Gasteiger partial charge in [-0.1, -0.05) is 0 Å². The molecular weight excluding hydrogens is 255 g/mol. The van der Waals surface area contributed by atoms with Crippen molar-refractivity contribution in [2.75, 3.05) is 7.11 Å². The molecule has 0 aliphatic heterocycles. The fourth-order valence-corrected chi connectivity index (χ4v) is 3.40. The Morgan fingerprint density at radius 2 is 2.18 bits per heavy atom. The van der Waals surface area contributed by atoms with Crippen molar-refractivity contribution >= 4 is 26.3 Å². The first-order chi connectivity index (χ1) is 5.20. The van der Waals surface area contributed by atoms with Crippen molar-refractivity contribution in [2.24, 2.45) is 0 Å². The van der Waals surface area contributed by atoms with Gasteiger partial charge in [0.1, 0.15) is 0 Å². The maximum absolute atomic E-state index is 10.9. The number of methoxy groups -OCH3 is 1. The SMILES string of the molecule is CCC[CH2][Sn](=[O])[O]C(=O)OC. The van der Waals surface area contributed by atoms with Gasteiger partial charge in [0, 0.05) is 0 Å². The molecule has 5 heteroatoms. The van der Waals surface area contributed by atoms with Crippen LogP contribution in [0, 0.1) is 0 Å². The van der Waals surface area contributed by atoms with Gasteiger partial charge in [0.05, 0.1) is 0 Å². The topological polar surface area (TPSA) is 52.6 Å². The second-order valence-electron chi connectivity index (χ2n) is 2.03.